The van der Waals surface area contributed by atoms with E-state index in [4.69, 9.17) is 9.07 Å². The van der Waals surface area contributed by atoms with Gasteiger partial charge in [0.05, 0.1) is 0 Å². The first-order chi connectivity index (χ1) is 6.24. The van der Waals surface area contributed by atoms with Gasteiger partial charge in [-0.2, -0.15) is 0 Å². The van der Waals surface area contributed by atoms with Gasteiger partial charge in [-0.05, 0) is 24.7 Å². The zero-order chi connectivity index (χ0) is 10.2. The Morgan fingerprint density at radius 2 is 1.38 bits per heavy atom. The van der Waals surface area contributed by atoms with Gasteiger partial charge in [0.25, 0.3) is 0 Å². The summed E-state index contributed by atoms with van der Waals surface area (Å²) in [5.74, 6) is 0. The van der Waals surface area contributed by atoms with Gasteiger partial charge in [-0.3, -0.25) is 0 Å². The summed E-state index contributed by atoms with van der Waals surface area (Å²) in [5.41, 5.74) is 0.277. The highest BCUT2D eigenvalue weighted by atomic mass is 35.5. The molecule has 0 rings (SSSR count). The molecular weight excluding hydrogens is 192 g/mol. The van der Waals surface area contributed by atoms with Gasteiger partial charge in [0, 0.05) is 0 Å². The standard InChI is InChI=1S/C11H17.ClH.Mg/c1-5-8-11(4,9-6-2)10-7-3;;/h5-7H,1-4,8-10H2;1H;/q;;+1/p-1. The van der Waals surface area contributed by atoms with Crippen LogP contribution in [0.5, 0.6) is 0 Å². The molecule has 0 aliphatic carbocycles. The van der Waals surface area contributed by atoms with Crippen LogP contribution in [0.3, 0.4) is 0 Å². The van der Waals surface area contributed by atoms with Crippen molar-refractivity contribution in [2.75, 3.05) is 0 Å². The van der Waals surface area contributed by atoms with E-state index in [0.29, 0.717) is 0 Å². The zero-order valence-electron chi connectivity index (χ0n) is 8.27. The number of allylic oxidation sites excluding steroid dienone is 3. The molecule has 0 radical (unpaired) electrons. The Balaban J connectivity index is 4.44. The molecule has 0 fully saturated rings. The minimum atomic E-state index is -0.422. The Morgan fingerprint density at radius 3 is 1.62 bits per heavy atom. The van der Waals surface area contributed by atoms with E-state index in [1.165, 1.54) is 0 Å². The number of halogens is 1. The molecule has 0 saturated carbocycles. The molecule has 0 aromatic carbocycles. The van der Waals surface area contributed by atoms with Gasteiger partial charge >= 0.3 is 19.3 Å². The second-order valence-corrected chi connectivity index (χ2v) is 5.43. The summed E-state index contributed by atoms with van der Waals surface area (Å²) in [4.78, 5) is 0. The van der Waals surface area contributed by atoms with Gasteiger partial charge in [-0.25, -0.2) is 0 Å². The summed E-state index contributed by atoms with van der Waals surface area (Å²) in [6.07, 6.45) is 9.00. The van der Waals surface area contributed by atoms with Crippen LogP contribution in [-0.4, -0.2) is 19.3 Å². The summed E-state index contributed by atoms with van der Waals surface area (Å²) in [6, 6.07) is 0. The molecule has 0 heterocycles. The first kappa shape index (κ1) is 13.3. The highest BCUT2D eigenvalue weighted by Crippen LogP contribution is 2.36. The molecule has 0 amide bonds. The van der Waals surface area contributed by atoms with Crippen LogP contribution in [0.1, 0.15) is 19.3 Å². The number of rotatable bonds is 8. The third-order valence-corrected chi connectivity index (χ3v) is 4.17. The molecule has 0 N–H and O–H groups in total. The fourth-order valence-corrected chi connectivity index (χ4v) is 3.89. The second-order valence-electron chi connectivity index (χ2n) is 3.42. The van der Waals surface area contributed by atoms with E-state index in [2.05, 4.69) is 19.7 Å². The van der Waals surface area contributed by atoms with Crippen LogP contribution < -0.4 is 0 Å². The van der Waals surface area contributed by atoms with Crippen LogP contribution in [-0.2, 0) is 0 Å². The monoisotopic (exact) mass is 208 g/mol. The lowest BCUT2D eigenvalue weighted by molar-refractivity contribution is 0.338. The van der Waals surface area contributed by atoms with Crippen molar-refractivity contribution in [2.45, 2.75) is 23.8 Å². The number of hydrogen-bond donors (Lipinski definition) is 0. The lowest BCUT2D eigenvalue weighted by atomic mass is 9.80. The molecule has 0 unspecified atom stereocenters. The van der Waals surface area contributed by atoms with Crippen molar-refractivity contribution in [2.24, 2.45) is 5.41 Å². The Bertz CT molecular complexity index is 148. The minimum Gasteiger partial charge on any atom is -0.346 e. The first-order valence-electron chi connectivity index (χ1n) is 4.63. The molecule has 0 nitrogen and oxygen atoms in total. The van der Waals surface area contributed by atoms with Crippen molar-refractivity contribution < 1.29 is 0 Å². The van der Waals surface area contributed by atoms with Gasteiger partial charge < -0.3 is 9.07 Å². The smallest absolute Gasteiger partial charge is 0.346 e. The quantitative estimate of drug-likeness (QED) is 0.419. The summed E-state index contributed by atoms with van der Waals surface area (Å²) in [7, 11) is 5.93. The van der Waals surface area contributed by atoms with Crippen molar-refractivity contribution >= 4 is 28.3 Å². The van der Waals surface area contributed by atoms with Crippen LogP contribution >= 0.6 is 9.07 Å². The SMILES string of the molecule is C=CCC(CC=C)(CC=C)[CH2][Mg][Cl]. The summed E-state index contributed by atoms with van der Waals surface area (Å²) in [6.45, 7) is 11.4. The van der Waals surface area contributed by atoms with E-state index in [1.807, 2.05) is 18.2 Å². The molecule has 2 heteroatoms. The third kappa shape index (κ3) is 4.89. The fraction of sp³-hybridized carbons (Fsp3) is 0.455. The lowest BCUT2D eigenvalue weighted by Gasteiger charge is -2.30. The van der Waals surface area contributed by atoms with Gasteiger partial charge in [-0.15, -0.1) is 24.3 Å². The summed E-state index contributed by atoms with van der Waals surface area (Å²) >= 11 is -0.422. The van der Waals surface area contributed by atoms with Gasteiger partial charge in [0.15, 0.2) is 0 Å². The van der Waals surface area contributed by atoms with Crippen molar-refractivity contribution in [1.82, 2.24) is 0 Å². The largest absolute Gasteiger partial charge is 0.501 e. The molecule has 0 atom stereocenters. The Morgan fingerprint density at radius 1 is 1.00 bits per heavy atom. The highest BCUT2D eigenvalue weighted by molar-refractivity contribution is 6.93. The minimum absolute atomic E-state index is 0.277. The van der Waals surface area contributed by atoms with E-state index in [9.17, 15) is 0 Å². The van der Waals surface area contributed by atoms with E-state index < -0.39 is 19.3 Å². The van der Waals surface area contributed by atoms with Gasteiger partial charge in [0.2, 0.25) is 0 Å². The molecule has 0 aromatic heterocycles. The van der Waals surface area contributed by atoms with Crippen LogP contribution in [0.2, 0.25) is 4.55 Å². The summed E-state index contributed by atoms with van der Waals surface area (Å²) in [5, 5.41) is 0. The van der Waals surface area contributed by atoms with Crippen LogP contribution in [0.4, 0.5) is 0 Å². The van der Waals surface area contributed by atoms with Crippen molar-refractivity contribution in [3.63, 3.8) is 0 Å². The van der Waals surface area contributed by atoms with Crippen molar-refractivity contribution in [3.05, 3.63) is 38.0 Å². The van der Waals surface area contributed by atoms with E-state index in [0.717, 1.165) is 23.8 Å². The molecule has 0 spiro atoms. The predicted molar refractivity (Wildman–Crippen MR) is 63.3 cm³/mol. The average Bonchev–Trinajstić information content (AvgIpc) is 2.06. The number of hydrogen-bond acceptors (Lipinski definition) is 0. The molecular formula is C11H17ClMg. The molecule has 0 aliphatic heterocycles. The van der Waals surface area contributed by atoms with Crippen LogP contribution in [0.25, 0.3) is 0 Å². The van der Waals surface area contributed by atoms with E-state index in [-0.39, 0.29) is 5.41 Å². The van der Waals surface area contributed by atoms with E-state index in [1.54, 1.807) is 0 Å². The molecule has 70 valence electrons. The van der Waals surface area contributed by atoms with Gasteiger partial charge in [0.1, 0.15) is 0 Å². The molecule has 0 aliphatic rings. The Labute approximate surface area is 95.2 Å². The van der Waals surface area contributed by atoms with E-state index >= 15 is 0 Å². The van der Waals surface area contributed by atoms with Gasteiger partial charge in [-0.1, -0.05) is 18.2 Å². The third-order valence-electron chi connectivity index (χ3n) is 2.36. The molecule has 0 aromatic rings. The Kier molecular flexibility index (Phi) is 7.82. The first-order valence-corrected chi connectivity index (χ1v) is 7.77. The predicted octanol–water partition coefficient (Wildman–Crippen LogP) is 3.98. The highest BCUT2D eigenvalue weighted by Gasteiger charge is 2.25. The maximum absolute atomic E-state index is 5.93. The average molecular weight is 209 g/mol. The fourth-order valence-electron chi connectivity index (χ4n) is 1.68. The molecule has 13 heavy (non-hydrogen) atoms. The zero-order valence-corrected chi connectivity index (χ0v) is 10.4. The topological polar surface area (TPSA) is 0 Å². The Hall–Kier alpha value is 0.276. The second kappa shape index (κ2) is 7.66. The normalized spacial score (nSPS) is 10.2. The molecule has 0 bridgehead atoms. The maximum atomic E-state index is 5.93. The van der Waals surface area contributed by atoms with Crippen LogP contribution in [0.15, 0.2) is 38.0 Å². The maximum Gasteiger partial charge on any atom is 0.501 e. The van der Waals surface area contributed by atoms with Crippen LogP contribution in [0, 0.1) is 5.41 Å². The summed E-state index contributed by atoms with van der Waals surface area (Å²) < 4.78 is 1.14. The van der Waals surface area contributed by atoms with Crippen molar-refractivity contribution in [3.8, 4) is 0 Å². The van der Waals surface area contributed by atoms with Crippen molar-refractivity contribution in [1.29, 1.82) is 0 Å². The molecule has 0 saturated heterocycles. The lowest BCUT2D eigenvalue weighted by Crippen LogP contribution is -2.19.